The van der Waals surface area contributed by atoms with Gasteiger partial charge in [0.2, 0.25) is 0 Å². The quantitative estimate of drug-likeness (QED) is 0.439. The van der Waals surface area contributed by atoms with Crippen LogP contribution >= 0.6 is 11.6 Å². The van der Waals surface area contributed by atoms with E-state index >= 15 is 0 Å². The molecular formula is C10H8ClFO2. The van der Waals surface area contributed by atoms with Gasteiger partial charge in [-0.2, -0.15) is 0 Å². The Kier molecular flexibility index (Phi) is 3.65. The molecule has 1 aromatic carbocycles. The van der Waals surface area contributed by atoms with Gasteiger partial charge in [-0.15, -0.1) is 0 Å². The molecule has 2 nitrogen and oxygen atoms in total. The van der Waals surface area contributed by atoms with Gasteiger partial charge in [-0.3, -0.25) is 0 Å². The summed E-state index contributed by atoms with van der Waals surface area (Å²) in [7, 11) is 0. The molecule has 0 aliphatic carbocycles. The Morgan fingerprint density at radius 3 is 2.71 bits per heavy atom. The van der Waals surface area contributed by atoms with Gasteiger partial charge in [0.1, 0.15) is 12.4 Å². The van der Waals surface area contributed by atoms with Crippen LogP contribution in [0.15, 0.2) is 36.4 Å². The number of rotatable bonds is 3. The van der Waals surface area contributed by atoms with E-state index in [1.165, 1.54) is 6.07 Å². The van der Waals surface area contributed by atoms with Crippen molar-refractivity contribution in [2.45, 2.75) is 0 Å². The van der Waals surface area contributed by atoms with Crippen molar-refractivity contribution in [2.75, 3.05) is 6.67 Å². The van der Waals surface area contributed by atoms with Gasteiger partial charge in [-0.05, 0) is 12.1 Å². The van der Waals surface area contributed by atoms with Gasteiger partial charge >= 0.3 is 5.97 Å². The van der Waals surface area contributed by atoms with Crippen LogP contribution in [0.2, 0.25) is 5.02 Å². The number of carbonyl (C=O) groups is 1. The average Bonchev–Trinajstić information content (AvgIpc) is 2.20. The van der Waals surface area contributed by atoms with Gasteiger partial charge in [0.15, 0.2) is 0 Å². The second-order valence-electron chi connectivity index (χ2n) is 2.56. The van der Waals surface area contributed by atoms with Crippen LogP contribution in [-0.2, 0) is 4.79 Å². The van der Waals surface area contributed by atoms with Crippen LogP contribution in [0, 0.1) is 0 Å². The molecule has 0 aliphatic heterocycles. The van der Waals surface area contributed by atoms with Crippen molar-refractivity contribution in [3.05, 3.63) is 41.4 Å². The molecule has 0 N–H and O–H groups in total. The monoisotopic (exact) mass is 214 g/mol. The van der Waals surface area contributed by atoms with Gasteiger partial charge in [-0.25, -0.2) is 9.18 Å². The zero-order chi connectivity index (χ0) is 10.6. The second-order valence-corrected chi connectivity index (χ2v) is 2.96. The lowest BCUT2D eigenvalue weighted by Gasteiger charge is -2.05. The molecule has 0 unspecified atom stereocenters. The normalized spacial score (nSPS) is 9.57. The maximum absolute atomic E-state index is 12.0. The molecule has 0 aromatic heterocycles. The number of halogens is 2. The van der Waals surface area contributed by atoms with Crippen molar-refractivity contribution in [1.29, 1.82) is 0 Å². The molecule has 0 heterocycles. The number of carbonyl (C=O) groups excluding carboxylic acids is 1. The Morgan fingerprint density at radius 2 is 2.14 bits per heavy atom. The van der Waals surface area contributed by atoms with E-state index < -0.39 is 12.6 Å². The molecule has 0 radical (unpaired) electrons. The summed E-state index contributed by atoms with van der Waals surface area (Å²) < 4.78 is 16.8. The van der Waals surface area contributed by atoms with Gasteiger partial charge in [0.25, 0.3) is 0 Å². The molecule has 0 fully saturated rings. The highest BCUT2D eigenvalue weighted by molar-refractivity contribution is 6.32. The van der Waals surface area contributed by atoms with Crippen LogP contribution in [-0.4, -0.2) is 12.6 Å². The average molecular weight is 215 g/mol. The largest absolute Gasteiger partial charge is 0.422 e. The summed E-state index contributed by atoms with van der Waals surface area (Å²) in [6.45, 7) is 2.28. The molecule has 74 valence electrons. The highest BCUT2D eigenvalue weighted by atomic mass is 35.5. The lowest BCUT2D eigenvalue weighted by molar-refractivity contribution is -0.130. The third kappa shape index (κ3) is 2.57. The molecule has 0 atom stereocenters. The van der Waals surface area contributed by atoms with E-state index in [2.05, 4.69) is 6.58 Å². The molecule has 0 saturated carbocycles. The first-order chi connectivity index (χ1) is 6.65. The van der Waals surface area contributed by atoms with E-state index in [4.69, 9.17) is 16.3 Å². The van der Waals surface area contributed by atoms with Gasteiger partial charge in [0, 0.05) is 0 Å². The summed E-state index contributed by atoms with van der Waals surface area (Å²) in [5.41, 5.74) is -0.232. The Hall–Kier alpha value is -1.35. The molecule has 0 saturated heterocycles. The third-order valence-electron chi connectivity index (χ3n) is 1.49. The maximum Gasteiger partial charge on any atom is 0.341 e. The van der Waals surface area contributed by atoms with Crippen molar-refractivity contribution in [2.24, 2.45) is 0 Å². The van der Waals surface area contributed by atoms with E-state index in [0.717, 1.165) is 0 Å². The van der Waals surface area contributed by atoms with Crippen LogP contribution in [0.1, 0.15) is 0 Å². The highest BCUT2D eigenvalue weighted by Crippen LogP contribution is 2.23. The van der Waals surface area contributed by atoms with Crippen molar-refractivity contribution in [3.8, 4) is 5.75 Å². The molecule has 0 aliphatic rings. The zero-order valence-electron chi connectivity index (χ0n) is 7.30. The van der Waals surface area contributed by atoms with Crippen molar-refractivity contribution >= 4 is 17.6 Å². The first-order valence-electron chi connectivity index (χ1n) is 3.85. The van der Waals surface area contributed by atoms with E-state index in [-0.39, 0.29) is 11.3 Å². The second kappa shape index (κ2) is 4.77. The van der Waals surface area contributed by atoms with Gasteiger partial charge in [-0.1, -0.05) is 30.3 Å². The molecule has 14 heavy (non-hydrogen) atoms. The number of alkyl halides is 1. The van der Waals surface area contributed by atoms with Crippen LogP contribution in [0.5, 0.6) is 5.75 Å². The predicted molar refractivity (Wildman–Crippen MR) is 52.2 cm³/mol. The van der Waals surface area contributed by atoms with Crippen LogP contribution < -0.4 is 4.74 Å². The molecule has 0 bridgehead atoms. The predicted octanol–water partition coefficient (Wildman–Crippen LogP) is 2.77. The molecule has 1 aromatic rings. The Labute approximate surface area is 85.9 Å². The molecule has 4 heteroatoms. The number of esters is 1. The SMILES string of the molecule is C=C(CF)C(=O)Oc1ccccc1Cl. The standard InChI is InChI=1S/C10H8ClFO2/c1-7(6-12)10(13)14-9-5-3-2-4-8(9)11/h2-5H,1,6H2. The fraction of sp³-hybridized carbons (Fsp3) is 0.100. The summed E-state index contributed by atoms with van der Waals surface area (Å²) in [5, 5.41) is 0.299. The summed E-state index contributed by atoms with van der Waals surface area (Å²) in [4.78, 5) is 11.1. The van der Waals surface area contributed by atoms with E-state index in [1.807, 2.05) is 0 Å². The third-order valence-corrected chi connectivity index (χ3v) is 1.80. The number of hydrogen-bond acceptors (Lipinski definition) is 2. The summed E-state index contributed by atoms with van der Waals surface area (Å²) in [6, 6.07) is 6.45. The van der Waals surface area contributed by atoms with Crippen molar-refractivity contribution in [1.82, 2.24) is 0 Å². The number of benzene rings is 1. The van der Waals surface area contributed by atoms with E-state index in [1.54, 1.807) is 18.2 Å². The minimum atomic E-state index is -0.927. The Morgan fingerprint density at radius 1 is 1.50 bits per heavy atom. The summed E-state index contributed by atoms with van der Waals surface area (Å²) in [5.74, 6) is -0.602. The number of ether oxygens (including phenoxy) is 1. The van der Waals surface area contributed by atoms with Crippen molar-refractivity contribution < 1.29 is 13.9 Å². The topological polar surface area (TPSA) is 26.3 Å². The smallest absolute Gasteiger partial charge is 0.341 e. The first-order valence-corrected chi connectivity index (χ1v) is 4.23. The molecule has 0 spiro atoms. The maximum atomic E-state index is 12.0. The zero-order valence-corrected chi connectivity index (χ0v) is 8.05. The lowest BCUT2D eigenvalue weighted by atomic mass is 10.3. The van der Waals surface area contributed by atoms with Crippen molar-refractivity contribution in [3.63, 3.8) is 0 Å². The van der Waals surface area contributed by atoms with E-state index in [0.29, 0.717) is 5.02 Å². The Balaban J connectivity index is 2.75. The summed E-state index contributed by atoms with van der Waals surface area (Å²) >= 11 is 5.72. The number of hydrogen-bond donors (Lipinski definition) is 0. The highest BCUT2D eigenvalue weighted by Gasteiger charge is 2.10. The molecular weight excluding hydrogens is 207 g/mol. The van der Waals surface area contributed by atoms with Crippen LogP contribution in [0.3, 0.4) is 0 Å². The Bertz CT molecular complexity index is 363. The fourth-order valence-electron chi connectivity index (χ4n) is 0.754. The lowest BCUT2D eigenvalue weighted by Crippen LogP contribution is -2.11. The fourth-order valence-corrected chi connectivity index (χ4v) is 0.928. The van der Waals surface area contributed by atoms with Gasteiger partial charge < -0.3 is 4.74 Å². The minimum absolute atomic E-state index is 0.203. The van der Waals surface area contributed by atoms with E-state index in [9.17, 15) is 9.18 Å². The molecule has 1 rings (SSSR count). The number of para-hydroxylation sites is 1. The van der Waals surface area contributed by atoms with Gasteiger partial charge in [0.05, 0.1) is 10.6 Å². The minimum Gasteiger partial charge on any atom is -0.422 e. The van der Waals surface area contributed by atoms with Crippen LogP contribution in [0.4, 0.5) is 4.39 Å². The summed E-state index contributed by atoms with van der Waals surface area (Å²) in [6.07, 6.45) is 0. The first kappa shape index (κ1) is 10.7. The van der Waals surface area contributed by atoms with Crippen LogP contribution in [0.25, 0.3) is 0 Å². The molecule has 0 amide bonds.